The Morgan fingerprint density at radius 1 is 1.00 bits per heavy atom. The van der Waals surface area contributed by atoms with E-state index in [-0.39, 0.29) is 21.1 Å². The fourth-order valence-electron chi connectivity index (χ4n) is 0. The van der Waals surface area contributed by atoms with Crippen LogP contribution >= 0.6 is 46.0 Å². The van der Waals surface area contributed by atoms with Gasteiger partial charge in [0.1, 0.15) is 0 Å². The molecule has 0 unspecified atom stereocenters. The Kier molecular flexibility index (Phi) is 19.1. The van der Waals surface area contributed by atoms with Crippen molar-refractivity contribution in [1.82, 2.24) is 0 Å². The molecule has 0 saturated heterocycles. The van der Waals surface area contributed by atoms with Gasteiger partial charge in [-0.05, 0) is 0 Å². The fourth-order valence-corrected chi connectivity index (χ4v) is 0. The summed E-state index contributed by atoms with van der Waals surface area (Å²) in [5.41, 5.74) is 0. The molecule has 0 aromatic heterocycles. The van der Waals surface area contributed by atoms with Crippen molar-refractivity contribution in [3.05, 3.63) is 0 Å². The van der Waals surface area contributed by atoms with Crippen molar-refractivity contribution in [3.63, 3.8) is 0 Å². The molecule has 0 atom stereocenters. The maximum Gasteiger partial charge on any atom is 0.156 e. The molecule has 2 nitrogen and oxygen atoms in total. The van der Waals surface area contributed by atoms with E-state index in [0.29, 0.717) is 0 Å². The first-order chi connectivity index (χ1) is 1.91. The van der Waals surface area contributed by atoms with Crippen LogP contribution in [0.15, 0.2) is 0 Å². The van der Waals surface area contributed by atoms with Crippen molar-refractivity contribution >= 4 is 46.0 Å². The Bertz CT molecular complexity index is 9.61. The zero-order valence-electron chi connectivity index (χ0n) is 1.98. The summed E-state index contributed by atoms with van der Waals surface area (Å²) in [4.78, 5) is 0. The van der Waals surface area contributed by atoms with E-state index in [1.807, 2.05) is 0 Å². The minimum Gasteiger partial charge on any atom is -0.156 e. The van der Waals surface area contributed by atoms with Gasteiger partial charge in [-0.3, -0.25) is 0 Å². The average Bonchev–Trinajstić information content (AvgIpc) is 1.37. The van der Waals surface area contributed by atoms with Crippen LogP contribution in [0.5, 0.6) is 0 Å². The summed E-state index contributed by atoms with van der Waals surface area (Å²) in [6, 6.07) is 0. The Hall–Kier alpha value is 2.07. The van der Waals surface area contributed by atoms with Crippen LogP contribution < -0.4 is 0 Å². The van der Waals surface area contributed by atoms with E-state index in [1.165, 1.54) is 0 Å². The molecular formula is I2O2W. The first-order valence-electron chi connectivity index (χ1n) is 0.475. The molecule has 0 aromatic carbocycles. The molecule has 0 radical (unpaired) electrons. The van der Waals surface area contributed by atoms with Gasteiger partial charge < -0.3 is 0 Å². The van der Waals surface area contributed by atoms with Crippen LogP contribution in [0.1, 0.15) is 0 Å². The third-order valence-corrected chi connectivity index (χ3v) is 1.07. The maximum atomic E-state index is 4.00. The van der Waals surface area contributed by atoms with Crippen molar-refractivity contribution < 1.29 is 27.5 Å². The number of hydrogen-bond acceptors (Lipinski definition) is 2. The Balaban J connectivity index is 0. The quantitative estimate of drug-likeness (QED) is 0.330. The van der Waals surface area contributed by atoms with Gasteiger partial charge in [-0.1, -0.05) is 0 Å². The van der Waals surface area contributed by atoms with Gasteiger partial charge in [-0.15, -0.1) is 0 Å². The van der Waals surface area contributed by atoms with E-state index in [4.69, 9.17) is 0 Å². The van der Waals surface area contributed by atoms with Crippen molar-refractivity contribution in [2.24, 2.45) is 0 Å². The topological polar surface area (TPSA) is 18.5 Å². The summed E-state index contributed by atoms with van der Waals surface area (Å²) in [6.07, 6.45) is 0. The van der Waals surface area contributed by atoms with Gasteiger partial charge in [-0.2, -0.15) is 6.43 Å². The second-order valence-corrected chi connectivity index (χ2v) is 0.845. The maximum absolute atomic E-state index is 4.00. The van der Waals surface area contributed by atoms with Crippen molar-refractivity contribution in [3.8, 4) is 0 Å². The van der Waals surface area contributed by atoms with Crippen molar-refractivity contribution in [1.29, 1.82) is 0 Å². The molecule has 0 saturated carbocycles. The Labute approximate surface area is 72.5 Å². The van der Waals surface area contributed by atoms with Gasteiger partial charge in [0.15, 0.2) is 46.0 Å². The average molecular weight is 470 g/mol. The molecule has 0 aliphatic carbocycles. The summed E-state index contributed by atoms with van der Waals surface area (Å²) >= 11 is 3.24. The van der Waals surface area contributed by atoms with E-state index in [0.717, 1.165) is 0 Å². The van der Waals surface area contributed by atoms with Crippen LogP contribution in [0.3, 0.4) is 0 Å². The largest absolute Gasteiger partial charge is 0.156 e. The van der Waals surface area contributed by atoms with Gasteiger partial charge in [-0.25, -0.2) is 0 Å². The van der Waals surface area contributed by atoms with E-state index < -0.39 is 0 Å². The Morgan fingerprint density at radius 3 is 1.20 bits per heavy atom. The number of rotatable bonds is 1. The summed E-state index contributed by atoms with van der Waals surface area (Å²) in [7, 11) is 0. The monoisotopic (exact) mass is 470 g/mol. The first kappa shape index (κ1) is 10.1. The fraction of sp³-hybridized carbons (Fsp3) is 0. The van der Waals surface area contributed by atoms with Gasteiger partial charge in [0.05, 0.1) is 0 Å². The van der Waals surface area contributed by atoms with Crippen LogP contribution in [0.25, 0.3) is 0 Å². The third kappa shape index (κ3) is 10.7. The molecule has 5 heavy (non-hydrogen) atoms. The van der Waals surface area contributed by atoms with Gasteiger partial charge in [0.2, 0.25) is 0 Å². The van der Waals surface area contributed by atoms with Gasteiger partial charge in [0, 0.05) is 21.1 Å². The normalized spacial score (nSPS) is 6.00. The molecule has 0 bridgehead atoms. The van der Waals surface area contributed by atoms with Crippen molar-refractivity contribution in [2.75, 3.05) is 0 Å². The summed E-state index contributed by atoms with van der Waals surface area (Å²) in [6.45, 7) is 0. The standard InChI is InChI=1S/I2O2.W/c1-3-4-2;. The second kappa shape index (κ2) is 9.42. The molecule has 32 valence electrons. The molecule has 0 rings (SSSR count). The molecule has 0 spiro atoms. The molecular weight excluding hydrogens is 470 g/mol. The minimum atomic E-state index is 0. The summed E-state index contributed by atoms with van der Waals surface area (Å²) in [5, 5.41) is 0. The van der Waals surface area contributed by atoms with Crippen molar-refractivity contribution in [2.45, 2.75) is 0 Å². The molecule has 0 amide bonds. The summed E-state index contributed by atoms with van der Waals surface area (Å²) in [5.74, 6) is 0. The van der Waals surface area contributed by atoms with Gasteiger partial charge >= 0.3 is 0 Å². The van der Waals surface area contributed by atoms with E-state index in [9.17, 15) is 0 Å². The van der Waals surface area contributed by atoms with Crippen LogP contribution in [0, 0.1) is 0 Å². The number of halogens is 2. The molecule has 0 fully saturated rings. The minimum absolute atomic E-state index is 0. The van der Waals surface area contributed by atoms with Gasteiger partial charge in [0.25, 0.3) is 0 Å². The van der Waals surface area contributed by atoms with Crippen LogP contribution in [-0.2, 0) is 27.5 Å². The van der Waals surface area contributed by atoms with E-state index in [1.54, 1.807) is 46.0 Å². The summed E-state index contributed by atoms with van der Waals surface area (Å²) < 4.78 is 8.00. The molecule has 0 heterocycles. The van der Waals surface area contributed by atoms with E-state index in [2.05, 4.69) is 6.43 Å². The third-order valence-electron chi connectivity index (χ3n) is 0.0238. The SMILES string of the molecule is IOOI.[W]. The van der Waals surface area contributed by atoms with E-state index >= 15 is 0 Å². The molecule has 5 heteroatoms. The van der Waals surface area contributed by atoms with Crippen LogP contribution in [-0.4, -0.2) is 0 Å². The predicted molar refractivity (Wildman–Crippen MR) is 30.2 cm³/mol. The molecule has 0 N–H and O–H groups in total. The Morgan fingerprint density at radius 2 is 1.20 bits per heavy atom. The zero-order valence-corrected chi connectivity index (χ0v) is 9.23. The predicted octanol–water partition coefficient (Wildman–Crippen LogP) is 1.63. The smallest absolute Gasteiger partial charge is 0.156 e. The van der Waals surface area contributed by atoms with Crippen LogP contribution in [0.4, 0.5) is 0 Å². The zero-order chi connectivity index (χ0) is 3.41. The first-order valence-corrected chi connectivity index (χ1v) is 2.24. The molecule has 0 aliphatic heterocycles. The van der Waals surface area contributed by atoms with Crippen LogP contribution in [0.2, 0.25) is 0 Å². The molecule has 0 aliphatic rings. The number of hydrogen-bond donors (Lipinski definition) is 0. The molecule has 0 aromatic rings. The second-order valence-electron chi connectivity index (χ2n) is 0.126.